The summed E-state index contributed by atoms with van der Waals surface area (Å²) >= 11 is 6.53. The molecule has 2 heterocycles. The van der Waals surface area contributed by atoms with E-state index in [2.05, 4.69) is 5.32 Å². The Balaban J connectivity index is 1.54. The number of thiocarbonyl (C=S) groups is 1. The number of amides is 2. The number of hydrogen-bond acceptors (Lipinski definition) is 6. The van der Waals surface area contributed by atoms with Crippen LogP contribution in [0, 0.1) is 0 Å². The third-order valence-electron chi connectivity index (χ3n) is 4.43. The van der Waals surface area contributed by atoms with E-state index in [4.69, 9.17) is 17.3 Å². The van der Waals surface area contributed by atoms with Gasteiger partial charge in [-0.2, -0.15) is 0 Å². The summed E-state index contributed by atoms with van der Waals surface area (Å²) in [7, 11) is 1.89. The molecule has 1 saturated heterocycles. The van der Waals surface area contributed by atoms with Crippen molar-refractivity contribution in [3.8, 4) is 5.75 Å². The minimum absolute atomic E-state index is 0.122. The average molecular weight is 446 g/mol. The van der Waals surface area contributed by atoms with Gasteiger partial charge in [-0.3, -0.25) is 14.5 Å². The fourth-order valence-corrected chi connectivity index (χ4v) is 4.15. The van der Waals surface area contributed by atoms with Crippen LogP contribution in [-0.2, 0) is 16.6 Å². The first kappa shape index (κ1) is 21.6. The van der Waals surface area contributed by atoms with E-state index in [0.717, 1.165) is 5.69 Å². The molecule has 0 bridgehead atoms. The van der Waals surface area contributed by atoms with Gasteiger partial charge in [-0.25, -0.2) is 4.79 Å². The molecule has 1 aromatic heterocycles. The highest BCUT2D eigenvalue weighted by Gasteiger charge is 2.31. The molecule has 0 saturated carbocycles. The lowest BCUT2D eigenvalue weighted by molar-refractivity contribution is -0.122. The van der Waals surface area contributed by atoms with Crippen molar-refractivity contribution in [1.29, 1.82) is 0 Å². The van der Waals surface area contributed by atoms with Gasteiger partial charge in [0.25, 0.3) is 5.91 Å². The second kappa shape index (κ2) is 9.14. The van der Waals surface area contributed by atoms with Crippen LogP contribution in [0.4, 0.5) is 5.69 Å². The average Bonchev–Trinajstić information content (AvgIpc) is 3.20. The Bertz CT molecular complexity index is 1060. The molecular formula is C20H19N3O5S2. The highest BCUT2D eigenvalue weighted by molar-refractivity contribution is 8.26. The number of carboxylic acids is 1. The Morgan fingerprint density at radius 1 is 1.30 bits per heavy atom. The quantitative estimate of drug-likeness (QED) is 0.341. The highest BCUT2D eigenvalue weighted by atomic mass is 32.2. The van der Waals surface area contributed by atoms with Crippen molar-refractivity contribution in [3.63, 3.8) is 0 Å². The normalized spacial score (nSPS) is 15.1. The second-order valence-electron chi connectivity index (χ2n) is 6.57. The topological polar surface area (TPSA) is 112 Å². The second-order valence-corrected chi connectivity index (χ2v) is 8.24. The summed E-state index contributed by atoms with van der Waals surface area (Å²) in [6.07, 6.45) is 4.19. The van der Waals surface area contributed by atoms with Crippen LogP contribution in [0.25, 0.3) is 6.08 Å². The van der Waals surface area contributed by atoms with Gasteiger partial charge in [-0.15, -0.1) is 0 Å². The molecule has 3 rings (SSSR count). The Morgan fingerprint density at radius 2 is 2.07 bits per heavy atom. The van der Waals surface area contributed by atoms with Gasteiger partial charge in [0.15, 0.2) is 0 Å². The van der Waals surface area contributed by atoms with E-state index in [9.17, 15) is 19.5 Å². The maximum absolute atomic E-state index is 12.6. The molecule has 2 amide bonds. The van der Waals surface area contributed by atoms with Crippen LogP contribution in [0.5, 0.6) is 5.75 Å². The molecule has 0 unspecified atom stereocenters. The number of aromatic carboxylic acids is 1. The number of aromatic nitrogens is 1. The molecule has 10 heteroatoms. The van der Waals surface area contributed by atoms with Gasteiger partial charge in [0.2, 0.25) is 5.91 Å². The summed E-state index contributed by atoms with van der Waals surface area (Å²) < 4.78 is 2.35. The van der Waals surface area contributed by atoms with Crippen LogP contribution in [0.2, 0.25) is 0 Å². The zero-order valence-electron chi connectivity index (χ0n) is 16.0. The van der Waals surface area contributed by atoms with E-state index in [0.29, 0.717) is 22.2 Å². The number of thioether (sulfide) groups is 1. The molecule has 8 nitrogen and oxygen atoms in total. The molecule has 156 valence electrons. The molecule has 0 radical (unpaired) electrons. The Hall–Kier alpha value is -3.11. The van der Waals surface area contributed by atoms with Gasteiger partial charge in [-0.1, -0.05) is 24.0 Å². The van der Waals surface area contributed by atoms with Gasteiger partial charge < -0.3 is 20.1 Å². The van der Waals surface area contributed by atoms with Crippen molar-refractivity contribution in [1.82, 2.24) is 9.47 Å². The minimum Gasteiger partial charge on any atom is -0.507 e. The van der Waals surface area contributed by atoms with Crippen LogP contribution in [0.3, 0.4) is 0 Å². The summed E-state index contributed by atoms with van der Waals surface area (Å²) in [6.45, 7) is 0.304. The summed E-state index contributed by atoms with van der Waals surface area (Å²) in [5.41, 5.74) is 0.867. The van der Waals surface area contributed by atoms with Crippen molar-refractivity contribution in [2.75, 3.05) is 11.9 Å². The van der Waals surface area contributed by atoms with E-state index in [1.54, 1.807) is 6.08 Å². The number of aryl methyl sites for hydroxylation is 1. The lowest BCUT2D eigenvalue weighted by atomic mass is 10.1. The first-order valence-corrected chi connectivity index (χ1v) is 10.2. The molecule has 2 aromatic rings. The summed E-state index contributed by atoms with van der Waals surface area (Å²) in [5.74, 6) is -2.18. The molecule has 1 aliphatic heterocycles. The SMILES string of the molecule is Cn1cccc1C=C1SC(=S)N(CCCC(=O)Nc2ccc(O)c(C(=O)O)c2)C1=O. The number of phenols is 1. The van der Waals surface area contributed by atoms with Gasteiger partial charge in [0, 0.05) is 37.6 Å². The third-order valence-corrected chi connectivity index (χ3v) is 5.81. The fraction of sp³-hybridized carbons (Fsp3) is 0.200. The molecule has 0 aliphatic carbocycles. The smallest absolute Gasteiger partial charge is 0.339 e. The number of carbonyl (C=O) groups excluding carboxylic acids is 2. The van der Waals surface area contributed by atoms with Crippen LogP contribution in [0.1, 0.15) is 28.9 Å². The van der Waals surface area contributed by atoms with Gasteiger partial charge in [-0.05, 0) is 42.8 Å². The van der Waals surface area contributed by atoms with E-state index in [1.165, 1.54) is 34.9 Å². The number of carbonyl (C=O) groups is 3. The van der Waals surface area contributed by atoms with Gasteiger partial charge in [0.1, 0.15) is 15.6 Å². The van der Waals surface area contributed by atoms with Crippen LogP contribution in [0.15, 0.2) is 41.4 Å². The number of nitrogens with one attached hydrogen (secondary N) is 1. The number of benzene rings is 1. The summed E-state index contributed by atoms with van der Waals surface area (Å²) in [4.78, 5) is 37.8. The standard InChI is InChI=1S/C20H19N3O5S2/c1-22-8-2-4-13(22)11-16-18(26)23(20(29)30-16)9-3-5-17(25)21-12-6-7-15(24)14(10-12)19(27)28/h2,4,6-8,10-11,24H,3,5,9H2,1H3,(H,21,25)(H,27,28). The third kappa shape index (κ3) is 4.89. The largest absolute Gasteiger partial charge is 0.507 e. The zero-order chi connectivity index (χ0) is 21.8. The number of anilines is 1. The molecule has 0 spiro atoms. The lowest BCUT2D eigenvalue weighted by Crippen LogP contribution is -2.29. The molecule has 1 aromatic carbocycles. The van der Waals surface area contributed by atoms with Crippen molar-refractivity contribution in [3.05, 3.63) is 52.7 Å². The maximum atomic E-state index is 12.6. The monoisotopic (exact) mass is 445 g/mol. The Labute approximate surface area is 182 Å². The number of rotatable bonds is 7. The van der Waals surface area contributed by atoms with E-state index < -0.39 is 5.97 Å². The zero-order valence-corrected chi connectivity index (χ0v) is 17.6. The van der Waals surface area contributed by atoms with Gasteiger partial charge in [0.05, 0.1) is 4.91 Å². The fourth-order valence-electron chi connectivity index (χ4n) is 2.86. The first-order valence-electron chi connectivity index (χ1n) is 8.99. The minimum atomic E-state index is -1.29. The molecule has 30 heavy (non-hydrogen) atoms. The molecule has 0 atom stereocenters. The van der Waals surface area contributed by atoms with Crippen molar-refractivity contribution in [2.24, 2.45) is 7.05 Å². The van der Waals surface area contributed by atoms with Crippen LogP contribution in [-0.4, -0.2) is 48.3 Å². The first-order chi connectivity index (χ1) is 14.3. The molecule has 1 aliphatic rings. The van der Waals surface area contributed by atoms with Crippen LogP contribution >= 0.6 is 24.0 Å². The predicted molar refractivity (Wildman–Crippen MR) is 118 cm³/mol. The lowest BCUT2D eigenvalue weighted by Gasteiger charge is -2.14. The van der Waals surface area contributed by atoms with Crippen molar-refractivity contribution < 1.29 is 24.6 Å². The predicted octanol–water partition coefficient (Wildman–Crippen LogP) is 3.05. The number of nitrogens with zero attached hydrogens (tertiary/aromatic N) is 2. The molecular weight excluding hydrogens is 426 g/mol. The summed E-state index contributed by atoms with van der Waals surface area (Å²) in [6, 6.07) is 7.59. The summed E-state index contributed by atoms with van der Waals surface area (Å²) in [5, 5.41) is 21.1. The van der Waals surface area contributed by atoms with E-state index in [1.807, 2.05) is 29.9 Å². The van der Waals surface area contributed by atoms with E-state index in [-0.39, 0.29) is 35.2 Å². The van der Waals surface area contributed by atoms with Gasteiger partial charge >= 0.3 is 5.97 Å². The van der Waals surface area contributed by atoms with E-state index >= 15 is 0 Å². The number of carboxylic acid groups (broad SMARTS) is 1. The van der Waals surface area contributed by atoms with Crippen molar-refractivity contribution in [2.45, 2.75) is 12.8 Å². The number of hydrogen-bond donors (Lipinski definition) is 3. The highest BCUT2D eigenvalue weighted by Crippen LogP contribution is 2.32. The van der Waals surface area contributed by atoms with Crippen LogP contribution < -0.4 is 5.32 Å². The number of aromatic hydroxyl groups is 1. The Morgan fingerprint density at radius 3 is 2.73 bits per heavy atom. The maximum Gasteiger partial charge on any atom is 0.339 e. The molecule has 3 N–H and O–H groups in total. The Kier molecular flexibility index (Phi) is 6.58. The van der Waals surface area contributed by atoms with Crippen molar-refractivity contribution >= 4 is 57.8 Å². The molecule has 1 fully saturated rings.